The number of benzene rings is 1. The molecule has 0 unspecified atom stereocenters. The largest absolute Gasteiger partial charge is 0.481 e. The second-order valence-electron chi connectivity index (χ2n) is 2.90. The number of halogens is 1. The van der Waals surface area contributed by atoms with E-state index in [9.17, 15) is 4.79 Å². The van der Waals surface area contributed by atoms with Crippen LogP contribution < -0.4 is 0 Å². The van der Waals surface area contributed by atoms with Crippen molar-refractivity contribution in [2.24, 2.45) is 0 Å². The molecule has 2 nitrogen and oxygen atoms in total. The minimum atomic E-state index is -0.881. The molecule has 13 heavy (non-hydrogen) atoms. The number of carboxylic acid groups (broad SMARTS) is 1. The molecule has 1 N–H and O–H groups in total. The van der Waals surface area contributed by atoms with Crippen LogP contribution in [0.4, 0.5) is 0 Å². The van der Waals surface area contributed by atoms with E-state index in [2.05, 4.69) is 0 Å². The van der Waals surface area contributed by atoms with E-state index in [0.717, 1.165) is 5.56 Å². The Morgan fingerprint density at radius 3 is 2.31 bits per heavy atom. The van der Waals surface area contributed by atoms with Crippen molar-refractivity contribution in [1.82, 2.24) is 0 Å². The smallest absolute Gasteiger partial charge is 0.312 e. The number of hydrogen-bond donors (Lipinski definition) is 1. The van der Waals surface area contributed by atoms with Crippen LogP contribution >= 0.6 is 11.6 Å². The molecule has 1 rings (SSSR count). The van der Waals surface area contributed by atoms with Gasteiger partial charge in [-0.1, -0.05) is 30.3 Å². The molecule has 0 spiro atoms. The molecular weight excluding hydrogens is 188 g/mol. The van der Waals surface area contributed by atoms with Crippen LogP contribution in [0.25, 0.3) is 0 Å². The van der Waals surface area contributed by atoms with E-state index in [1.165, 1.54) is 0 Å². The van der Waals surface area contributed by atoms with E-state index in [-0.39, 0.29) is 0 Å². The van der Waals surface area contributed by atoms with Crippen molar-refractivity contribution in [2.45, 2.75) is 18.2 Å². The fourth-order valence-electron chi connectivity index (χ4n) is 1.26. The Labute approximate surface area is 82.2 Å². The monoisotopic (exact) mass is 198 g/mol. The van der Waals surface area contributed by atoms with Crippen LogP contribution in [0.15, 0.2) is 30.3 Å². The molecular formula is C10H11ClO2. The SMILES string of the molecule is C[C@@H](Cl)[C@@H](C(=O)O)c1ccccc1. The van der Waals surface area contributed by atoms with Crippen LogP contribution in [0.2, 0.25) is 0 Å². The van der Waals surface area contributed by atoms with Crippen molar-refractivity contribution < 1.29 is 9.90 Å². The lowest BCUT2D eigenvalue weighted by molar-refractivity contribution is -0.138. The molecule has 1 aromatic rings. The fraction of sp³-hybridized carbons (Fsp3) is 0.300. The molecule has 0 aliphatic rings. The van der Waals surface area contributed by atoms with Gasteiger partial charge in [0.2, 0.25) is 0 Å². The minimum absolute atomic E-state index is 0.403. The number of aliphatic carboxylic acids is 1. The molecule has 0 saturated heterocycles. The number of carboxylic acids is 1. The van der Waals surface area contributed by atoms with Gasteiger partial charge in [-0.05, 0) is 12.5 Å². The molecule has 0 fully saturated rings. The molecule has 0 aliphatic carbocycles. The molecule has 0 aliphatic heterocycles. The molecule has 0 bridgehead atoms. The van der Waals surface area contributed by atoms with Crippen molar-refractivity contribution in [2.75, 3.05) is 0 Å². The standard InChI is InChI=1S/C10H11ClO2/c1-7(11)9(10(12)13)8-5-3-2-4-6-8/h2-7,9H,1H3,(H,12,13)/t7-,9-/m1/s1. The number of rotatable bonds is 3. The summed E-state index contributed by atoms with van der Waals surface area (Å²) in [7, 11) is 0. The second kappa shape index (κ2) is 4.28. The average molecular weight is 199 g/mol. The van der Waals surface area contributed by atoms with Gasteiger partial charge < -0.3 is 5.11 Å². The van der Waals surface area contributed by atoms with Crippen molar-refractivity contribution in [3.8, 4) is 0 Å². The van der Waals surface area contributed by atoms with Gasteiger partial charge in [-0.2, -0.15) is 0 Å². The van der Waals surface area contributed by atoms with Gasteiger partial charge in [0.25, 0.3) is 0 Å². The van der Waals surface area contributed by atoms with E-state index >= 15 is 0 Å². The maximum atomic E-state index is 10.9. The summed E-state index contributed by atoms with van der Waals surface area (Å²) in [5.41, 5.74) is 0.748. The van der Waals surface area contributed by atoms with Gasteiger partial charge >= 0.3 is 5.97 Å². The number of carbonyl (C=O) groups is 1. The highest BCUT2D eigenvalue weighted by atomic mass is 35.5. The molecule has 3 heteroatoms. The van der Waals surface area contributed by atoms with Crippen molar-refractivity contribution in [3.05, 3.63) is 35.9 Å². The molecule has 0 radical (unpaired) electrons. The van der Waals surface area contributed by atoms with Crippen molar-refractivity contribution >= 4 is 17.6 Å². The zero-order valence-corrected chi connectivity index (χ0v) is 8.03. The lowest BCUT2D eigenvalue weighted by Gasteiger charge is -2.14. The van der Waals surface area contributed by atoms with E-state index in [1.54, 1.807) is 19.1 Å². The minimum Gasteiger partial charge on any atom is -0.481 e. The fourth-order valence-corrected chi connectivity index (χ4v) is 1.52. The van der Waals surface area contributed by atoms with Crippen LogP contribution in [-0.4, -0.2) is 16.5 Å². The van der Waals surface area contributed by atoms with Crippen LogP contribution in [0.1, 0.15) is 18.4 Å². The molecule has 0 aromatic heterocycles. The molecule has 2 atom stereocenters. The normalized spacial score (nSPS) is 14.9. The zero-order valence-electron chi connectivity index (χ0n) is 7.27. The summed E-state index contributed by atoms with van der Waals surface area (Å²) in [6.45, 7) is 1.69. The Hall–Kier alpha value is -1.02. The van der Waals surface area contributed by atoms with Gasteiger partial charge in [0.05, 0.1) is 5.92 Å². The van der Waals surface area contributed by atoms with Crippen LogP contribution in [-0.2, 0) is 4.79 Å². The lowest BCUT2D eigenvalue weighted by Crippen LogP contribution is -2.19. The van der Waals surface area contributed by atoms with Crippen LogP contribution in [0.3, 0.4) is 0 Å². The molecule has 0 saturated carbocycles. The first-order chi connectivity index (χ1) is 6.13. The van der Waals surface area contributed by atoms with Crippen LogP contribution in [0.5, 0.6) is 0 Å². The highest BCUT2D eigenvalue weighted by Crippen LogP contribution is 2.23. The highest BCUT2D eigenvalue weighted by Gasteiger charge is 2.24. The van der Waals surface area contributed by atoms with Crippen molar-refractivity contribution in [3.63, 3.8) is 0 Å². The summed E-state index contributed by atoms with van der Waals surface area (Å²) < 4.78 is 0. The third-order valence-corrected chi connectivity index (χ3v) is 2.14. The van der Waals surface area contributed by atoms with Crippen molar-refractivity contribution in [1.29, 1.82) is 0 Å². The van der Waals surface area contributed by atoms with E-state index in [1.807, 2.05) is 18.2 Å². The van der Waals surface area contributed by atoms with E-state index < -0.39 is 17.3 Å². The number of alkyl halides is 1. The first-order valence-corrected chi connectivity index (χ1v) is 4.48. The zero-order chi connectivity index (χ0) is 9.84. The molecule has 1 aromatic carbocycles. The Morgan fingerprint density at radius 2 is 1.92 bits per heavy atom. The van der Waals surface area contributed by atoms with Gasteiger partial charge in [-0.25, -0.2) is 0 Å². The van der Waals surface area contributed by atoms with Gasteiger partial charge in [0.1, 0.15) is 0 Å². The predicted octanol–water partition coefficient (Wildman–Crippen LogP) is 2.48. The van der Waals surface area contributed by atoms with E-state index in [4.69, 9.17) is 16.7 Å². The van der Waals surface area contributed by atoms with Gasteiger partial charge in [0.15, 0.2) is 0 Å². The van der Waals surface area contributed by atoms with Gasteiger partial charge in [0, 0.05) is 5.38 Å². The summed E-state index contributed by atoms with van der Waals surface area (Å²) in [6.07, 6.45) is 0. The lowest BCUT2D eigenvalue weighted by atomic mass is 9.96. The molecule has 0 amide bonds. The second-order valence-corrected chi connectivity index (χ2v) is 3.59. The summed E-state index contributed by atoms with van der Waals surface area (Å²) in [4.78, 5) is 10.9. The van der Waals surface area contributed by atoms with Gasteiger partial charge in [-0.15, -0.1) is 11.6 Å². The first kappa shape index (κ1) is 10.1. The molecule has 70 valence electrons. The Morgan fingerprint density at radius 1 is 1.38 bits per heavy atom. The molecule has 0 heterocycles. The maximum Gasteiger partial charge on any atom is 0.312 e. The third-order valence-electron chi connectivity index (χ3n) is 1.88. The highest BCUT2D eigenvalue weighted by molar-refractivity contribution is 6.22. The summed E-state index contributed by atoms with van der Waals surface area (Å²) in [5, 5.41) is 8.51. The Bertz CT molecular complexity index is 282. The Kier molecular flexibility index (Phi) is 3.32. The third kappa shape index (κ3) is 2.46. The predicted molar refractivity (Wildman–Crippen MR) is 52.1 cm³/mol. The summed E-state index contributed by atoms with van der Waals surface area (Å²) >= 11 is 5.79. The average Bonchev–Trinajstić information content (AvgIpc) is 2.04. The topological polar surface area (TPSA) is 37.3 Å². The first-order valence-electron chi connectivity index (χ1n) is 4.04. The van der Waals surface area contributed by atoms with Crippen LogP contribution in [0, 0.1) is 0 Å². The Balaban J connectivity index is 2.96. The van der Waals surface area contributed by atoms with Gasteiger partial charge in [-0.3, -0.25) is 4.79 Å². The number of hydrogen-bond acceptors (Lipinski definition) is 1. The quantitative estimate of drug-likeness (QED) is 0.758. The summed E-state index contributed by atoms with van der Waals surface area (Å²) in [5.74, 6) is -1.50. The summed E-state index contributed by atoms with van der Waals surface area (Å²) in [6, 6.07) is 9.02. The van der Waals surface area contributed by atoms with E-state index in [0.29, 0.717) is 0 Å². The maximum absolute atomic E-state index is 10.9.